The van der Waals surface area contributed by atoms with Crippen molar-refractivity contribution in [2.75, 3.05) is 27.3 Å². The van der Waals surface area contributed by atoms with E-state index < -0.39 is 6.16 Å². The third-order valence-corrected chi connectivity index (χ3v) is 3.29. The Morgan fingerprint density at radius 3 is 2.90 bits per heavy atom. The second kappa shape index (κ2) is 8.60. The lowest BCUT2D eigenvalue weighted by atomic mass is 10.2. The molecule has 1 aromatic carbocycles. The van der Waals surface area contributed by atoms with Crippen molar-refractivity contribution in [2.45, 2.75) is 6.54 Å². The molecule has 0 bridgehead atoms. The van der Waals surface area contributed by atoms with Crippen LogP contribution in [0.5, 0.6) is 5.75 Å². The van der Waals surface area contributed by atoms with Gasteiger partial charge in [-0.15, -0.1) is 0 Å². The van der Waals surface area contributed by atoms with E-state index >= 15 is 0 Å². The third-order valence-electron chi connectivity index (χ3n) is 2.52. The van der Waals surface area contributed by atoms with Crippen LogP contribution in [0.3, 0.4) is 0 Å². The van der Waals surface area contributed by atoms with Gasteiger partial charge in [-0.2, -0.15) is 0 Å². The van der Waals surface area contributed by atoms with E-state index in [4.69, 9.17) is 4.74 Å². The van der Waals surface area contributed by atoms with Crippen LogP contribution in [-0.2, 0) is 16.0 Å². The Balaban J connectivity index is 2.36. The van der Waals surface area contributed by atoms with Crippen LogP contribution in [0.1, 0.15) is 5.56 Å². The van der Waals surface area contributed by atoms with Crippen molar-refractivity contribution in [3.63, 3.8) is 0 Å². The fraction of sp³-hybridized carbons (Fsp3) is 0.357. The molecule has 0 aliphatic heterocycles. The van der Waals surface area contributed by atoms with Crippen molar-refractivity contribution in [1.29, 1.82) is 0 Å². The Labute approximate surface area is 126 Å². The summed E-state index contributed by atoms with van der Waals surface area (Å²) >= 11 is 3.45. The Hall–Kier alpha value is -1.53. The van der Waals surface area contributed by atoms with Crippen molar-refractivity contribution in [3.8, 4) is 5.75 Å². The normalized spacial score (nSPS) is 11.0. The largest absolute Gasteiger partial charge is 0.508 e. The second-order valence-corrected chi connectivity index (χ2v) is 5.06. The van der Waals surface area contributed by atoms with E-state index in [1.54, 1.807) is 18.2 Å². The van der Waals surface area contributed by atoms with Crippen LogP contribution in [-0.4, -0.2) is 43.5 Å². The Morgan fingerprint density at radius 2 is 2.20 bits per heavy atom. The molecule has 20 heavy (non-hydrogen) atoms. The zero-order valence-electron chi connectivity index (χ0n) is 11.5. The molecular weight excluding hydrogens is 326 g/mol. The van der Waals surface area contributed by atoms with Gasteiger partial charge in [0.2, 0.25) is 0 Å². The number of phenolic OH excluding ortho intramolecular Hbond substituents is 1. The third kappa shape index (κ3) is 6.08. The molecule has 0 saturated carbocycles. The lowest BCUT2D eigenvalue weighted by molar-refractivity contribution is 0.0817. The van der Waals surface area contributed by atoms with Crippen LogP contribution < -0.4 is 0 Å². The summed E-state index contributed by atoms with van der Waals surface area (Å²) in [4.78, 5) is 12.8. The molecule has 0 amide bonds. The van der Waals surface area contributed by atoms with E-state index in [9.17, 15) is 9.90 Å². The van der Waals surface area contributed by atoms with E-state index in [1.807, 2.05) is 19.2 Å². The number of hydrogen-bond donors (Lipinski definition) is 1. The molecule has 1 aromatic rings. The first-order valence-corrected chi connectivity index (χ1v) is 6.84. The molecule has 0 heterocycles. The van der Waals surface area contributed by atoms with E-state index in [2.05, 4.69) is 25.6 Å². The van der Waals surface area contributed by atoms with Crippen LogP contribution in [0.4, 0.5) is 4.79 Å². The first kappa shape index (κ1) is 16.5. The summed E-state index contributed by atoms with van der Waals surface area (Å²) in [5.41, 5.74) is 1.01. The van der Waals surface area contributed by atoms with E-state index in [0.717, 1.165) is 10.0 Å². The zero-order chi connectivity index (χ0) is 15.0. The van der Waals surface area contributed by atoms with Crippen molar-refractivity contribution in [1.82, 2.24) is 4.90 Å². The highest BCUT2D eigenvalue weighted by Crippen LogP contribution is 2.22. The number of nitrogens with zero attached hydrogens (tertiary/aromatic N) is 1. The van der Waals surface area contributed by atoms with Gasteiger partial charge in [0, 0.05) is 17.6 Å². The minimum Gasteiger partial charge on any atom is -0.508 e. The minimum absolute atomic E-state index is 0.191. The van der Waals surface area contributed by atoms with Gasteiger partial charge in [-0.05, 0) is 36.9 Å². The molecule has 0 aromatic heterocycles. The SMILES string of the molecule is COC(=O)OC/C=C/CN(C)Cc1cc(O)ccc1Br. The van der Waals surface area contributed by atoms with Gasteiger partial charge in [0.1, 0.15) is 12.4 Å². The summed E-state index contributed by atoms with van der Waals surface area (Å²) in [5, 5.41) is 9.46. The molecule has 5 nitrogen and oxygen atoms in total. The number of carbonyl (C=O) groups excluding carboxylic acids is 1. The maximum Gasteiger partial charge on any atom is 0.508 e. The Kier molecular flexibility index (Phi) is 7.11. The summed E-state index contributed by atoms with van der Waals surface area (Å²) in [5.74, 6) is 0.249. The number of ether oxygens (including phenoxy) is 2. The molecule has 0 fully saturated rings. The fourth-order valence-electron chi connectivity index (χ4n) is 1.54. The molecular formula is C14H18BrNO4. The van der Waals surface area contributed by atoms with E-state index in [0.29, 0.717) is 13.1 Å². The first-order valence-electron chi connectivity index (χ1n) is 6.04. The molecule has 0 unspecified atom stereocenters. The summed E-state index contributed by atoms with van der Waals surface area (Å²) in [6.45, 7) is 1.58. The molecule has 0 atom stereocenters. The predicted molar refractivity (Wildman–Crippen MR) is 79.6 cm³/mol. The number of aromatic hydroxyl groups is 1. The number of hydrogen-bond acceptors (Lipinski definition) is 5. The molecule has 110 valence electrons. The van der Waals surface area contributed by atoms with Gasteiger partial charge in [-0.3, -0.25) is 4.90 Å². The summed E-state index contributed by atoms with van der Waals surface area (Å²) < 4.78 is 10.0. The highest BCUT2D eigenvalue weighted by Gasteiger charge is 2.04. The van der Waals surface area contributed by atoms with Gasteiger partial charge < -0.3 is 14.6 Å². The maximum atomic E-state index is 10.7. The number of methoxy groups -OCH3 is 1. The highest BCUT2D eigenvalue weighted by atomic mass is 79.9. The molecule has 0 saturated heterocycles. The smallest absolute Gasteiger partial charge is 0.508 e. The van der Waals surface area contributed by atoms with Crippen LogP contribution in [0, 0.1) is 0 Å². The number of carbonyl (C=O) groups is 1. The quantitative estimate of drug-likeness (QED) is 0.635. The number of benzene rings is 1. The molecule has 6 heteroatoms. The van der Waals surface area contributed by atoms with Gasteiger partial charge >= 0.3 is 6.16 Å². The van der Waals surface area contributed by atoms with Crippen molar-refractivity contribution >= 4 is 22.1 Å². The maximum absolute atomic E-state index is 10.7. The molecule has 0 radical (unpaired) electrons. The van der Waals surface area contributed by atoms with E-state index in [-0.39, 0.29) is 12.4 Å². The predicted octanol–water partition coefficient (Wildman–Crippen LogP) is 2.93. The van der Waals surface area contributed by atoms with E-state index in [1.165, 1.54) is 7.11 Å². The monoisotopic (exact) mass is 343 g/mol. The van der Waals surface area contributed by atoms with Crippen LogP contribution in [0.2, 0.25) is 0 Å². The molecule has 1 rings (SSSR count). The summed E-state index contributed by atoms with van der Waals surface area (Å²) in [7, 11) is 3.23. The average molecular weight is 344 g/mol. The molecule has 0 aliphatic rings. The highest BCUT2D eigenvalue weighted by molar-refractivity contribution is 9.10. The number of phenols is 1. The van der Waals surface area contributed by atoms with Crippen molar-refractivity contribution in [3.05, 3.63) is 40.4 Å². The summed E-state index contributed by atoms with van der Waals surface area (Å²) in [6.07, 6.45) is 2.97. The fourth-order valence-corrected chi connectivity index (χ4v) is 1.91. The number of likely N-dealkylation sites (N-methyl/N-ethyl adjacent to an activating group) is 1. The topological polar surface area (TPSA) is 59.0 Å². The van der Waals surface area contributed by atoms with Gasteiger partial charge in [0.15, 0.2) is 0 Å². The second-order valence-electron chi connectivity index (χ2n) is 4.21. The van der Waals surface area contributed by atoms with Crippen LogP contribution in [0.15, 0.2) is 34.8 Å². The van der Waals surface area contributed by atoms with Gasteiger partial charge in [-0.1, -0.05) is 22.0 Å². The van der Waals surface area contributed by atoms with Crippen LogP contribution in [0.25, 0.3) is 0 Å². The van der Waals surface area contributed by atoms with Crippen LogP contribution >= 0.6 is 15.9 Å². The van der Waals surface area contributed by atoms with Gasteiger partial charge in [0.25, 0.3) is 0 Å². The Bertz CT molecular complexity index is 476. The average Bonchev–Trinajstić information content (AvgIpc) is 2.42. The Morgan fingerprint density at radius 1 is 1.45 bits per heavy atom. The van der Waals surface area contributed by atoms with Gasteiger partial charge in [-0.25, -0.2) is 4.79 Å². The van der Waals surface area contributed by atoms with Crippen molar-refractivity contribution in [2.24, 2.45) is 0 Å². The zero-order valence-corrected chi connectivity index (χ0v) is 13.1. The molecule has 0 aliphatic carbocycles. The lowest BCUT2D eigenvalue weighted by Crippen LogP contribution is -2.18. The number of halogens is 1. The minimum atomic E-state index is -0.688. The first-order chi connectivity index (χ1) is 9.52. The van der Waals surface area contributed by atoms with Gasteiger partial charge in [0.05, 0.1) is 7.11 Å². The number of rotatable bonds is 6. The lowest BCUT2D eigenvalue weighted by Gasteiger charge is -2.15. The summed E-state index contributed by atoms with van der Waals surface area (Å²) in [6, 6.07) is 5.18. The molecule has 0 spiro atoms. The molecule has 1 N–H and O–H groups in total. The van der Waals surface area contributed by atoms with Crippen molar-refractivity contribution < 1.29 is 19.4 Å². The standard InChI is InChI=1S/C14H18BrNO4/c1-16(7-3-4-8-20-14(18)19-2)10-11-9-12(17)5-6-13(11)15/h3-6,9,17H,7-8,10H2,1-2H3/b4-3+.